The molecule has 0 unspecified atom stereocenters. The topological polar surface area (TPSA) is 84.3 Å². The molecule has 2 N–H and O–H groups in total. The summed E-state index contributed by atoms with van der Waals surface area (Å²) in [5, 5.41) is 0. The van der Waals surface area contributed by atoms with Gasteiger partial charge >= 0.3 is 5.69 Å². The molecule has 0 bridgehead atoms. The van der Waals surface area contributed by atoms with Crippen molar-refractivity contribution in [2.24, 2.45) is 7.05 Å². The van der Waals surface area contributed by atoms with Gasteiger partial charge in [-0.1, -0.05) is 60.7 Å². The van der Waals surface area contributed by atoms with Crippen molar-refractivity contribution in [3.63, 3.8) is 0 Å². The summed E-state index contributed by atoms with van der Waals surface area (Å²) >= 11 is 0. The lowest BCUT2D eigenvalue weighted by Gasteiger charge is -2.14. The van der Waals surface area contributed by atoms with E-state index in [0.29, 0.717) is 41.9 Å². The van der Waals surface area contributed by atoms with Gasteiger partial charge in [-0.3, -0.25) is 9.13 Å². The lowest BCUT2D eigenvalue weighted by molar-refractivity contribution is 0.267. The Morgan fingerprint density at radius 1 is 0.794 bits per heavy atom. The minimum absolute atomic E-state index is 0.218. The molecular weight excluding hydrogens is 428 g/mol. The van der Waals surface area contributed by atoms with E-state index in [-0.39, 0.29) is 5.69 Å². The van der Waals surface area contributed by atoms with Gasteiger partial charge in [-0.2, -0.15) is 4.98 Å². The maximum Gasteiger partial charge on any atom is 0.333 e. The van der Waals surface area contributed by atoms with E-state index < -0.39 is 0 Å². The zero-order valence-corrected chi connectivity index (χ0v) is 18.7. The molecule has 0 aliphatic carbocycles. The van der Waals surface area contributed by atoms with Crippen LogP contribution in [-0.4, -0.2) is 14.1 Å². The predicted octanol–water partition coefficient (Wildman–Crippen LogP) is 4.46. The van der Waals surface area contributed by atoms with Crippen molar-refractivity contribution in [1.29, 1.82) is 0 Å². The molecule has 0 aliphatic rings. The largest absolute Gasteiger partial charge is 0.473 e. The molecule has 2 aromatic heterocycles. The molecule has 5 aromatic rings. The number of fused-ring (bicyclic) bond motifs is 1. The number of imidazole rings is 1. The molecule has 5 rings (SSSR count). The number of anilines is 1. The molecule has 170 valence electrons. The quantitative estimate of drug-likeness (QED) is 0.369. The van der Waals surface area contributed by atoms with Gasteiger partial charge in [0.15, 0.2) is 0 Å². The Kier molecular flexibility index (Phi) is 5.74. The number of nitrogen functional groups attached to an aromatic ring is 1. The van der Waals surface area contributed by atoms with Crippen LogP contribution in [-0.2, 0) is 20.3 Å². The zero-order valence-electron chi connectivity index (χ0n) is 18.7. The summed E-state index contributed by atoms with van der Waals surface area (Å²) in [6.45, 7) is 0.675. The third-order valence-electron chi connectivity index (χ3n) is 5.58. The molecule has 0 aliphatic heterocycles. The average molecular weight is 453 g/mol. The van der Waals surface area contributed by atoms with Gasteiger partial charge in [-0.05, 0) is 35.4 Å². The molecule has 34 heavy (non-hydrogen) atoms. The Balaban J connectivity index is 1.55. The molecule has 0 spiro atoms. The number of nitrogens with zero attached hydrogens (tertiary/aromatic N) is 3. The maximum absolute atomic E-state index is 13.2. The Hall–Kier alpha value is -4.52. The van der Waals surface area contributed by atoms with Crippen LogP contribution in [0.2, 0.25) is 0 Å². The highest BCUT2D eigenvalue weighted by molar-refractivity contribution is 5.81. The normalized spacial score (nSPS) is 11.0. The summed E-state index contributed by atoms with van der Waals surface area (Å²) in [5.74, 6) is 0.717. The predicted molar refractivity (Wildman–Crippen MR) is 132 cm³/mol. The van der Waals surface area contributed by atoms with Crippen LogP contribution in [0.1, 0.15) is 11.1 Å². The van der Waals surface area contributed by atoms with Gasteiger partial charge in [0.05, 0.1) is 11.0 Å². The maximum atomic E-state index is 13.2. The van der Waals surface area contributed by atoms with E-state index in [1.807, 2.05) is 66.7 Å². The fraction of sp³-hybridized carbons (Fsp3) is 0.111. The molecule has 7 heteroatoms. The number of aromatic nitrogens is 3. The van der Waals surface area contributed by atoms with E-state index in [4.69, 9.17) is 15.2 Å². The standard InChI is InChI=1S/C27H24N4O3/c1-30-24-16-21(28)12-13-22(24)31(27(30)32)23-14-15-25(33-17-19-8-4-2-5-9-19)29-26(23)34-18-20-10-6-3-7-11-20/h2-16H,17-18,28H2,1H3. The van der Waals surface area contributed by atoms with Gasteiger partial charge in [0.25, 0.3) is 0 Å². The van der Waals surface area contributed by atoms with Crippen LogP contribution in [0.25, 0.3) is 16.7 Å². The van der Waals surface area contributed by atoms with E-state index in [0.717, 1.165) is 16.6 Å². The van der Waals surface area contributed by atoms with Crippen molar-refractivity contribution in [3.05, 3.63) is 113 Å². The van der Waals surface area contributed by atoms with Gasteiger partial charge in [0.2, 0.25) is 11.8 Å². The van der Waals surface area contributed by atoms with Crippen molar-refractivity contribution in [1.82, 2.24) is 14.1 Å². The van der Waals surface area contributed by atoms with E-state index >= 15 is 0 Å². The molecule has 7 nitrogen and oxygen atoms in total. The zero-order chi connectivity index (χ0) is 23.5. The summed E-state index contributed by atoms with van der Waals surface area (Å²) in [6, 6.07) is 28.6. The lowest BCUT2D eigenvalue weighted by atomic mass is 10.2. The highest BCUT2D eigenvalue weighted by Crippen LogP contribution is 2.28. The first-order chi connectivity index (χ1) is 16.6. The van der Waals surface area contributed by atoms with Crippen LogP contribution < -0.4 is 20.9 Å². The number of aryl methyl sites for hydroxylation is 1. The first-order valence-corrected chi connectivity index (χ1v) is 10.9. The van der Waals surface area contributed by atoms with Crippen molar-refractivity contribution in [2.45, 2.75) is 13.2 Å². The Morgan fingerprint density at radius 3 is 2.12 bits per heavy atom. The van der Waals surface area contributed by atoms with Crippen molar-refractivity contribution >= 4 is 16.7 Å². The molecule has 0 radical (unpaired) electrons. The number of hydrogen-bond acceptors (Lipinski definition) is 5. The van der Waals surface area contributed by atoms with E-state index in [2.05, 4.69) is 4.98 Å². The molecule has 0 saturated heterocycles. The number of nitrogens with two attached hydrogens (primary N) is 1. The smallest absolute Gasteiger partial charge is 0.333 e. The van der Waals surface area contributed by atoms with E-state index in [1.165, 1.54) is 0 Å². The van der Waals surface area contributed by atoms with Crippen LogP contribution in [0.5, 0.6) is 11.8 Å². The van der Waals surface area contributed by atoms with E-state index in [1.54, 1.807) is 40.4 Å². The van der Waals surface area contributed by atoms with Gasteiger partial charge in [0, 0.05) is 18.8 Å². The lowest BCUT2D eigenvalue weighted by Crippen LogP contribution is -2.21. The van der Waals surface area contributed by atoms with Crippen LogP contribution in [0.15, 0.2) is 95.8 Å². The fourth-order valence-electron chi connectivity index (χ4n) is 3.82. The monoisotopic (exact) mass is 452 g/mol. The summed E-state index contributed by atoms with van der Waals surface area (Å²) < 4.78 is 15.2. The fourth-order valence-corrected chi connectivity index (χ4v) is 3.82. The number of ether oxygens (including phenoxy) is 2. The number of pyridine rings is 1. The minimum Gasteiger partial charge on any atom is -0.473 e. The van der Waals surface area contributed by atoms with Gasteiger partial charge < -0.3 is 15.2 Å². The molecule has 0 saturated carbocycles. The summed E-state index contributed by atoms with van der Waals surface area (Å²) in [4.78, 5) is 17.8. The number of benzene rings is 3. The number of rotatable bonds is 7. The molecule has 0 atom stereocenters. The molecule has 0 amide bonds. The van der Waals surface area contributed by atoms with Crippen molar-refractivity contribution in [2.75, 3.05) is 5.73 Å². The summed E-state index contributed by atoms with van der Waals surface area (Å²) in [7, 11) is 1.72. The SMILES string of the molecule is Cn1c(=O)n(-c2ccc(OCc3ccccc3)nc2OCc2ccccc2)c2ccc(N)cc21. The second kappa shape index (κ2) is 9.15. The highest BCUT2D eigenvalue weighted by atomic mass is 16.5. The molecular formula is C27H24N4O3. The van der Waals surface area contributed by atoms with Gasteiger partial charge in [-0.25, -0.2) is 4.79 Å². The van der Waals surface area contributed by atoms with Gasteiger partial charge in [0.1, 0.15) is 18.9 Å². The second-order valence-corrected chi connectivity index (χ2v) is 7.95. The third-order valence-corrected chi connectivity index (χ3v) is 5.58. The van der Waals surface area contributed by atoms with Crippen molar-refractivity contribution < 1.29 is 9.47 Å². The first kappa shape index (κ1) is 21.3. The van der Waals surface area contributed by atoms with Crippen LogP contribution in [0.4, 0.5) is 5.69 Å². The molecule has 2 heterocycles. The van der Waals surface area contributed by atoms with Crippen LogP contribution >= 0.6 is 0 Å². The molecule has 0 fully saturated rings. The highest BCUT2D eigenvalue weighted by Gasteiger charge is 2.18. The van der Waals surface area contributed by atoms with Crippen LogP contribution in [0, 0.1) is 0 Å². The Morgan fingerprint density at radius 2 is 1.44 bits per heavy atom. The summed E-state index contributed by atoms with van der Waals surface area (Å²) in [5.41, 5.74) is 10.3. The minimum atomic E-state index is -0.218. The van der Waals surface area contributed by atoms with Crippen LogP contribution in [0.3, 0.4) is 0 Å². The Bertz CT molecular complexity index is 1490. The average Bonchev–Trinajstić information content (AvgIpc) is 3.12. The first-order valence-electron chi connectivity index (χ1n) is 10.9. The summed E-state index contributed by atoms with van der Waals surface area (Å²) in [6.07, 6.45) is 0. The molecule has 3 aromatic carbocycles. The van der Waals surface area contributed by atoms with E-state index in [9.17, 15) is 4.79 Å². The van der Waals surface area contributed by atoms with Crippen molar-refractivity contribution in [3.8, 4) is 17.4 Å². The third kappa shape index (κ3) is 4.23. The van der Waals surface area contributed by atoms with Gasteiger partial charge in [-0.15, -0.1) is 0 Å². The second-order valence-electron chi connectivity index (χ2n) is 7.95. The number of hydrogen-bond donors (Lipinski definition) is 1. The Labute approximate surface area is 196 Å².